The predicted octanol–water partition coefficient (Wildman–Crippen LogP) is 4.13. The van der Waals surface area contributed by atoms with Gasteiger partial charge in [-0.2, -0.15) is 0 Å². The topological polar surface area (TPSA) is 64.4 Å². The van der Waals surface area contributed by atoms with Crippen molar-refractivity contribution in [2.75, 3.05) is 12.4 Å². The fraction of sp³-hybridized carbons (Fsp3) is 0.600. The molecular formula is C15H22N2O3. The lowest BCUT2D eigenvalue weighted by Crippen LogP contribution is -2.21. The van der Waals surface area contributed by atoms with E-state index in [-0.39, 0.29) is 10.6 Å². The Bertz CT molecular complexity index is 454. The molecule has 0 radical (unpaired) electrons. The smallest absolute Gasteiger partial charge is 0.333 e. The molecule has 0 amide bonds. The number of hydrogen-bond acceptors (Lipinski definition) is 4. The van der Waals surface area contributed by atoms with Crippen LogP contribution in [-0.4, -0.2) is 18.1 Å². The van der Waals surface area contributed by atoms with Crippen LogP contribution in [0.2, 0.25) is 0 Å². The quantitative estimate of drug-likeness (QED) is 0.664. The lowest BCUT2D eigenvalue weighted by atomic mass is 9.96. The molecule has 1 N–H and O–H groups in total. The Morgan fingerprint density at radius 3 is 2.45 bits per heavy atom. The van der Waals surface area contributed by atoms with Crippen LogP contribution in [0.25, 0.3) is 0 Å². The lowest BCUT2D eigenvalue weighted by Gasteiger charge is -2.22. The molecule has 0 saturated heterocycles. The van der Waals surface area contributed by atoms with Crippen LogP contribution in [0.15, 0.2) is 18.2 Å². The first-order valence-corrected chi connectivity index (χ1v) is 7.30. The molecule has 0 unspecified atom stereocenters. The number of benzene rings is 1. The maximum Gasteiger partial charge on any atom is 0.333 e. The first-order chi connectivity index (χ1) is 9.72. The molecule has 1 saturated carbocycles. The van der Waals surface area contributed by atoms with Crippen LogP contribution in [0.3, 0.4) is 0 Å². The minimum atomic E-state index is -0.371. The molecule has 1 aliphatic rings. The van der Waals surface area contributed by atoms with Crippen LogP contribution in [0.4, 0.5) is 11.4 Å². The Morgan fingerprint density at radius 2 is 1.85 bits per heavy atom. The van der Waals surface area contributed by atoms with Crippen LogP contribution in [-0.2, 0) is 0 Å². The molecule has 0 aromatic heterocycles. The van der Waals surface area contributed by atoms with Crippen molar-refractivity contribution in [1.29, 1.82) is 0 Å². The average molecular weight is 278 g/mol. The third kappa shape index (κ3) is 3.62. The van der Waals surface area contributed by atoms with E-state index in [9.17, 15) is 10.1 Å². The number of nitrogens with zero attached hydrogens (tertiary/aromatic N) is 1. The van der Waals surface area contributed by atoms with Gasteiger partial charge in [-0.15, -0.1) is 0 Å². The van der Waals surface area contributed by atoms with Crippen molar-refractivity contribution >= 4 is 11.4 Å². The number of methoxy groups -OCH3 is 1. The largest absolute Gasteiger partial charge is 0.490 e. The number of rotatable bonds is 4. The van der Waals surface area contributed by atoms with Gasteiger partial charge in [-0.1, -0.05) is 38.2 Å². The standard InChI is InChI=1S/C15H22N2O3/c1-20-14-11-7-10-13(15(14)17(18)19)16-12-8-5-3-2-4-6-9-12/h7,10-12,16H,2-6,8-9H2,1H3. The van der Waals surface area contributed by atoms with Crippen molar-refractivity contribution in [1.82, 2.24) is 0 Å². The van der Waals surface area contributed by atoms with Gasteiger partial charge in [0, 0.05) is 6.04 Å². The number of para-hydroxylation sites is 1. The summed E-state index contributed by atoms with van der Waals surface area (Å²) in [6.45, 7) is 0. The number of nitro groups is 1. The van der Waals surface area contributed by atoms with E-state index in [0.717, 1.165) is 12.8 Å². The van der Waals surface area contributed by atoms with Crippen molar-refractivity contribution in [3.8, 4) is 5.75 Å². The number of nitro benzene ring substituents is 1. The zero-order chi connectivity index (χ0) is 14.4. The van der Waals surface area contributed by atoms with Gasteiger partial charge >= 0.3 is 5.69 Å². The first-order valence-electron chi connectivity index (χ1n) is 7.30. The van der Waals surface area contributed by atoms with E-state index in [1.54, 1.807) is 18.2 Å². The highest BCUT2D eigenvalue weighted by molar-refractivity contribution is 5.68. The lowest BCUT2D eigenvalue weighted by molar-refractivity contribution is -0.384. The second-order valence-corrected chi connectivity index (χ2v) is 5.30. The second kappa shape index (κ2) is 7.12. The van der Waals surface area contributed by atoms with Crippen molar-refractivity contribution in [3.63, 3.8) is 0 Å². The Morgan fingerprint density at radius 1 is 1.20 bits per heavy atom. The minimum Gasteiger partial charge on any atom is -0.490 e. The number of hydrogen-bond donors (Lipinski definition) is 1. The van der Waals surface area contributed by atoms with E-state index in [0.29, 0.717) is 17.5 Å². The summed E-state index contributed by atoms with van der Waals surface area (Å²) in [5.41, 5.74) is 0.608. The van der Waals surface area contributed by atoms with Gasteiger partial charge in [0.05, 0.1) is 12.0 Å². The van der Waals surface area contributed by atoms with Crippen LogP contribution in [0, 0.1) is 10.1 Å². The number of nitrogens with one attached hydrogen (secondary N) is 1. The number of ether oxygens (including phenoxy) is 1. The monoisotopic (exact) mass is 278 g/mol. The molecule has 1 aliphatic carbocycles. The van der Waals surface area contributed by atoms with Gasteiger partial charge in [-0.3, -0.25) is 10.1 Å². The maximum absolute atomic E-state index is 11.3. The SMILES string of the molecule is COc1cccc(NC2CCCCCCC2)c1[N+](=O)[O-]. The van der Waals surface area contributed by atoms with E-state index in [4.69, 9.17) is 4.74 Å². The molecule has 0 bridgehead atoms. The molecule has 0 heterocycles. The van der Waals surface area contributed by atoms with E-state index >= 15 is 0 Å². The van der Waals surface area contributed by atoms with Crippen molar-refractivity contribution in [2.24, 2.45) is 0 Å². The van der Waals surface area contributed by atoms with Crippen LogP contribution >= 0.6 is 0 Å². The molecule has 5 nitrogen and oxygen atoms in total. The van der Waals surface area contributed by atoms with Gasteiger partial charge in [0.25, 0.3) is 0 Å². The van der Waals surface area contributed by atoms with E-state index in [1.807, 2.05) is 0 Å². The zero-order valence-electron chi connectivity index (χ0n) is 11.9. The molecule has 1 fully saturated rings. The molecule has 1 aromatic rings. The summed E-state index contributed by atoms with van der Waals surface area (Å²) in [5, 5.41) is 14.6. The Labute approximate surface area is 119 Å². The molecule has 20 heavy (non-hydrogen) atoms. The normalized spacial score (nSPS) is 17.1. The summed E-state index contributed by atoms with van der Waals surface area (Å²) in [4.78, 5) is 10.9. The predicted molar refractivity (Wildman–Crippen MR) is 79.4 cm³/mol. The van der Waals surface area contributed by atoms with Gasteiger partial charge in [0.2, 0.25) is 0 Å². The summed E-state index contributed by atoms with van der Waals surface area (Å²) < 4.78 is 5.10. The summed E-state index contributed by atoms with van der Waals surface area (Å²) >= 11 is 0. The first kappa shape index (κ1) is 14.6. The minimum absolute atomic E-state index is 0.0389. The van der Waals surface area contributed by atoms with E-state index < -0.39 is 0 Å². The fourth-order valence-corrected chi connectivity index (χ4v) is 2.81. The maximum atomic E-state index is 11.3. The summed E-state index contributed by atoms with van der Waals surface area (Å²) in [6.07, 6.45) is 8.37. The molecular weight excluding hydrogens is 256 g/mol. The summed E-state index contributed by atoms with van der Waals surface area (Å²) in [6, 6.07) is 5.50. The van der Waals surface area contributed by atoms with Crippen LogP contribution in [0.1, 0.15) is 44.9 Å². The van der Waals surface area contributed by atoms with Gasteiger partial charge in [0.1, 0.15) is 5.69 Å². The molecule has 0 aliphatic heterocycles. The van der Waals surface area contributed by atoms with Gasteiger partial charge in [-0.05, 0) is 25.0 Å². The molecule has 0 spiro atoms. The molecule has 5 heteroatoms. The molecule has 110 valence electrons. The Hall–Kier alpha value is -1.78. The summed E-state index contributed by atoms with van der Waals surface area (Å²) in [7, 11) is 1.46. The fourth-order valence-electron chi connectivity index (χ4n) is 2.81. The van der Waals surface area contributed by atoms with Gasteiger partial charge in [0.15, 0.2) is 5.75 Å². The molecule has 0 atom stereocenters. The molecule has 2 rings (SSSR count). The van der Waals surface area contributed by atoms with Crippen molar-refractivity contribution in [2.45, 2.75) is 51.0 Å². The van der Waals surface area contributed by atoms with Crippen molar-refractivity contribution in [3.05, 3.63) is 28.3 Å². The highest BCUT2D eigenvalue weighted by atomic mass is 16.6. The highest BCUT2D eigenvalue weighted by Crippen LogP contribution is 2.35. The average Bonchev–Trinajstić information content (AvgIpc) is 2.41. The Kier molecular flexibility index (Phi) is 5.21. The van der Waals surface area contributed by atoms with Crippen molar-refractivity contribution < 1.29 is 9.66 Å². The van der Waals surface area contributed by atoms with E-state index in [1.165, 1.54) is 39.2 Å². The van der Waals surface area contributed by atoms with Crippen LogP contribution < -0.4 is 10.1 Å². The number of anilines is 1. The van der Waals surface area contributed by atoms with Gasteiger partial charge < -0.3 is 10.1 Å². The van der Waals surface area contributed by atoms with Gasteiger partial charge in [-0.25, -0.2) is 0 Å². The third-order valence-electron chi connectivity index (χ3n) is 3.87. The molecule has 1 aromatic carbocycles. The highest BCUT2D eigenvalue weighted by Gasteiger charge is 2.22. The second-order valence-electron chi connectivity index (χ2n) is 5.30. The van der Waals surface area contributed by atoms with Crippen LogP contribution in [0.5, 0.6) is 5.75 Å². The zero-order valence-corrected chi connectivity index (χ0v) is 11.9. The Balaban J connectivity index is 2.16. The van der Waals surface area contributed by atoms with E-state index in [2.05, 4.69) is 5.32 Å². The third-order valence-corrected chi connectivity index (χ3v) is 3.87. The summed E-state index contributed by atoms with van der Waals surface area (Å²) in [5.74, 6) is 0.311.